The van der Waals surface area contributed by atoms with Crippen molar-refractivity contribution in [2.75, 3.05) is 13.1 Å². The van der Waals surface area contributed by atoms with Gasteiger partial charge in [0.25, 0.3) is 11.8 Å². The van der Waals surface area contributed by atoms with Gasteiger partial charge in [-0.1, -0.05) is 6.07 Å². The molecule has 3 fully saturated rings. The predicted molar refractivity (Wildman–Crippen MR) is 154 cm³/mol. The molecule has 1 aromatic heterocycles. The van der Waals surface area contributed by atoms with Crippen LogP contribution in [0.2, 0.25) is 0 Å². The van der Waals surface area contributed by atoms with Gasteiger partial charge in [0, 0.05) is 18.2 Å². The van der Waals surface area contributed by atoms with Gasteiger partial charge in [-0.2, -0.15) is 4.99 Å². The minimum Gasteiger partial charge on any atom is -0.390 e. The van der Waals surface area contributed by atoms with Gasteiger partial charge >= 0.3 is 6.03 Å². The standard InChI is InChI=1S/C31H37FN6O4/c1-30(2,42)21-11-15-37(16-12-21)18-19-3-8-24-25(17-19)38(23-9-13-31(14-10-23)27(40)35-29(41)36-31)28(33-24)34-26(39)20-4-6-22(32)7-5-20/h3-8,17,21,23,42H,9-16,18H2,1-2H3,(H,33,34,39)(H2,35,36,40,41)/t23-,31-. The molecule has 222 valence electrons. The van der Waals surface area contributed by atoms with Gasteiger partial charge in [-0.05, 0) is 113 Å². The van der Waals surface area contributed by atoms with Crippen LogP contribution in [0, 0.1) is 11.7 Å². The molecular formula is C31H37FN6O4. The van der Waals surface area contributed by atoms with Crippen molar-refractivity contribution in [1.29, 1.82) is 0 Å². The van der Waals surface area contributed by atoms with Crippen molar-refractivity contribution in [3.05, 3.63) is 65.0 Å². The number of likely N-dealkylation sites (tertiary alicyclic amines) is 1. The van der Waals surface area contributed by atoms with E-state index in [1.54, 1.807) is 0 Å². The summed E-state index contributed by atoms with van der Waals surface area (Å²) >= 11 is 0. The van der Waals surface area contributed by atoms with E-state index in [9.17, 15) is 23.9 Å². The Bertz CT molecular complexity index is 1590. The van der Waals surface area contributed by atoms with E-state index in [0.29, 0.717) is 31.3 Å². The van der Waals surface area contributed by atoms with E-state index >= 15 is 0 Å². The van der Waals surface area contributed by atoms with Crippen molar-refractivity contribution in [3.8, 4) is 0 Å². The Morgan fingerprint density at radius 1 is 1.07 bits per heavy atom. The Morgan fingerprint density at radius 2 is 1.76 bits per heavy atom. The molecule has 1 saturated carbocycles. The van der Waals surface area contributed by atoms with Crippen molar-refractivity contribution in [2.24, 2.45) is 10.9 Å². The average molecular weight is 577 g/mol. The van der Waals surface area contributed by atoms with Crippen molar-refractivity contribution in [2.45, 2.75) is 76.1 Å². The number of nitrogens with zero attached hydrogens (tertiary/aromatic N) is 3. The zero-order chi connectivity index (χ0) is 29.6. The molecule has 10 nitrogen and oxygen atoms in total. The Hall–Kier alpha value is -3.83. The number of carbonyl (C=O) groups excluding carboxylic acids is 3. The number of H-pyrrole nitrogens is 1. The van der Waals surface area contributed by atoms with Crippen LogP contribution in [0.4, 0.5) is 9.18 Å². The van der Waals surface area contributed by atoms with Gasteiger partial charge in [0.15, 0.2) is 0 Å². The second kappa shape index (κ2) is 10.8. The minimum absolute atomic E-state index is 0.0628. The normalized spacial score (nSPS) is 24.4. The topological polar surface area (TPSA) is 132 Å². The highest BCUT2D eigenvalue weighted by Gasteiger charge is 2.48. The Labute approximate surface area is 243 Å². The summed E-state index contributed by atoms with van der Waals surface area (Å²) in [6.07, 6.45) is 4.03. The number of fused-ring (bicyclic) bond motifs is 1. The number of rotatable bonds is 5. The summed E-state index contributed by atoms with van der Waals surface area (Å²) in [4.78, 5) is 47.7. The third-order valence-electron chi connectivity index (χ3n) is 9.28. The van der Waals surface area contributed by atoms with E-state index in [4.69, 9.17) is 0 Å². The number of imide groups is 1. The molecule has 4 amide bonds. The summed E-state index contributed by atoms with van der Waals surface area (Å²) in [6.45, 7) is 6.35. The smallest absolute Gasteiger partial charge is 0.322 e. The number of amides is 4. The number of aliphatic hydroxyl groups is 1. The number of hydrogen-bond acceptors (Lipinski definition) is 5. The van der Waals surface area contributed by atoms with Gasteiger partial charge in [0.2, 0.25) is 5.62 Å². The number of piperidine rings is 1. The zero-order valence-corrected chi connectivity index (χ0v) is 24.0. The van der Waals surface area contributed by atoms with Gasteiger partial charge in [-0.25, -0.2) is 9.18 Å². The lowest BCUT2D eigenvalue weighted by molar-refractivity contribution is -0.125. The van der Waals surface area contributed by atoms with Crippen LogP contribution in [0.25, 0.3) is 11.0 Å². The van der Waals surface area contributed by atoms with Crippen LogP contribution in [0.3, 0.4) is 0 Å². The number of imidazole rings is 1. The highest BCUT2D eigenvalue weighted by molar-refractivity contribution is 6.07. The summed E-state index contributed by atoms with van der Waals surface area (Å²) in [6, 6.07) is 11.0. The van der Waals surface area contributed by atoms with E-state index in [0.717, 1.165) is 49.1 Å². The summed E-state index contributed by atoms with van der Waals surface area (Å²) in [7, 11) is 0. The monoisotopic (exact) mass is 576 g/mol. The maximum atomic E-state index is 13.5. The fourth-order valence-corrected chi connectivity index (χ4v) is 6.77. The number of urea groups is 1. The largest absolute Gasteiger partial charge is 0.390 e. The van der Waals surface area contributed by atoms with Crippen LogP contribution < -0.4 is 16.3 Å². The first-order valence-electron chi connectivity index (χ1n) is 14.7. The summed E-state index contributed by atoms with van der Waals surface area (Å²) in [5, 5.41) is 15.6. The molecule has 0 atom stereocenters. The summed E-state index contributed by atoms with van der Waals surface area (Å²) < 4.78 is 15.5. The molecule has 2 saturated heterocycles. The second-order valence-corrected chi connectivity index (χ2v) is 12.5. The van der Waals surface area contributed by atoms with Crippen LogP contribution in [0.15, 0.2) is 47.5 Å². The lowest BCUT2D eigenvalue weighted by atomic mass is 9.79. The molecule has 3 aromatic rings. The first-order valence-corrected chi connectivity index (χ1v) is 14.7. The predicted octanol–water partition coefficient (Wildman–Crippen LogP) is 3.53. The number of aromatic nitrogens is 2. The third kappa shape index (κ3) is 5.50. The SMILES string of the molecule is CC(C)(O)C1CCN(Cc2ccc3[nH]/c(=N\C(=O)c4ccc(F)cc4)n([C@H]4CC[C@@]5(CC4)NC(=O)NC5=O)c3c2)CC1. The number of hydrogen-bond donors (Lipinski definition) is 4. The number of nitrogens with one attached hydrogen (secondary N) is 3. The van der Waals surface area contributed by atoms with E-state index in [-0.39, 0.29) is 23.4 Å². The molecule has 42 heavy (non-hydrogen) atoms. The zero-order valence-electron chi connectivity index (χ0n) is 24.0. The van der Waals surface area contributed by atoms with Crippen molar-refractivity contribution in [1.82, 2.24) is 25.1 Å². The Kier molecular flexibility index (Phi) is 7.26. The molecule has 0 unspecified atom stereocenters. The number of benzene rings is 2. The van der Waals surface area contributed by atoms with E-state index in [1.807, 2.05) is 24.5 Å². The fourth-order valence-electron chi connectivity index (χ4n) is 6.77. The molecule has 2 aromatic carbocycles. The molecule has 6 rings (SSSR count). The number of carbonyl (C=O) groups is 3. The van der Waals surface area contributed by atoms with Crippen LogP contribution in [-0.4, -0.2) is 61.6 Å². The van der Waals surface area contributed by atoms with Crippen LogP contribution >= 0.6 is 0 Å². The molecular weight excluding hydrogens is 539 g/mol. The highest BCUT2D eigenvalue weighted by atomic mass is 19.1. The lowest BCUT2D eigenvalue weighted by Crippen LogP contribution is -2.50. The second-order valence-electron chi connectivity index (χ2n) is 12.5. The molecule has 1 spiro atoms. The van der Waals surface area contributed by atoms with Gasteiger partial charge in [0.1, 0.15) is 11.4 Å². The summed E-state index contributed by atoms with van der Waals surface area (Å²) in [5.41, 5.74) is 1.97. The van der Waals surface area contributed by atoms with Crippen LogP contribution in [0.1, 0.15) is 74.3 Å². The third-order valence-corrected chi connectivity index (χ3v) is 9.28. The lowest BCUT2D eigenvalue weighted by Gasteiger charge is -2.37. The quantitative estimate of drug-likeness (QED) is 0.345. The van der Waals surface area contributed by atoms with Crippen molar-refractivity contribution >= 4 is 28.9 Å². The molecule has 3 heterocycles. The number of aromatic amines is 1. The molecule has 4 N–H and O–H groups in total. The first kappa shape index (κ1) is 28.3. The Morgan fingerprint density at radius 3 is 2.38 bits per heavy atom. The number of halogens is 1. The van der Waals surface area contributed by atoms with Gasteiger partial charge in [-0.15, -0.1) is 0 Å². The fraction of sp³-hybridized carbons (Fsp3) is 0.484. The highest BCUT2D eigenvalue weighted by Crippen LogP contribution is 2.37. The van der Waals surface area contributed by atoms with E-state index in [2.05, 4.69) is 37.6 Å². The minimum atomic E-state index is -0.901. The maximum Gasteiger partial charge on any atom is 0.322 e. The van der Waals surface area contributed by atoms with Gasteiger partial charge in [-0.3, -0.25) is 19.8 Å². The molecule has 11 heteroatoms. The molecule has 3 aliphatic rings. The molecule has 1 aliphatic carbocycles. The van der Waals surface area contributed by atoms with Crippen LogP contribution in [0.5, 0.6) is 0 Å². The average Bonchev–Trinajstić information content (AvgIpc) is 3.44. The van der Waals surface area contributed by atoms with E-state index in [1.165, 1.54) is 24.3 Å². The molecule has 0 radical (unpaired) electrons. The van der Waals surface area contributed by atoms with Crippen molar-refractivity contribution in [3.63, 3.8) is 0 Å². The first-order chi connectivity index (χ1) is 20.0. The summed E-state index contributed by atoms with van der Waals surface area (Å²) in [5.74, 6) is -0.919. The Balaban J connectivity index is 1.32. The van der Waals surface area contributed by atoms with Crippen molar-refractivity contribution < 1.29 is 23.9 Å². The van der Waals surface area contributed by atoms with Gasteiger partial charge in [0.05, 0.1) is 16.6 Å². The van der Waals surface area contributed by atoms with E-state index < -0.39 is 28.9 Å². The molecule has 2 aliphatic heterocycles. The van der Waals surface area contributed by atoms with Gasteiger partial charge < -0.3 is 20.0 Å². The molecule has 0 bridgehead atoms. The maximum absolute atomic E-state index is 13.5. The van der Waals surface area contributed by atoms with Crippen LogP contribution in [-0.2, 0) is 11.3 Å².